The molecule has 0 N–H and O–H groups in total. The zero-order valence-corrected chi connectivity index (χ0v) is 9.81. The maximum atomic E-state index is 2.33. The lowest BCUT2D eigenvalue weighted by atomic mass is 10.1. The monoisotopic (exact) mass is 202 g/mol. The van der Waals surface area contributed by atoms with Gasteiger partial charge in [0.05, 0.1) is 0 Å². The summed E-state index contributed by atoms with van der Waals surface area (Å²) in [5, 5.41) is 4.20. The van der Waals surface area contributed by atoms with E-state index >= 15 is 0 Å². The predicted molar refractivity (Wildman–Crippen MR) is 67.1 cm³/mol. The SMILES string of the molecule is Cc1ccc2ccc(P(C)C)cc2c1. The van der Waals surface area contributed by atoms with E-state index < -0.39 is 0 Å². The van der Waals surface area contributed by atoms with Crippen LogP contribution in [0.1, 0.15) is 5.56 Å². The van der Waals surface area contributed by atoms with Crippen LogP contribution in [0.25, 0.3) is 10.8 Å². The number of hydrogen-bond acceptors (Lipinski definition) is 0. The molecule has 0 atom stereocenters. The van der Waals surface area contributed by atoms with Gasteiger partial charge in [0.2, 0.25) is 0 Å². The van der Waals surface area contributed by atoms with E-state index in [9.17, 15) is 0 Å². The minimum absolute atomic E-state index is 0.0216. The van der Waals surface area contributed by atoms with Crippen LogP contribution in [0.3, 0.4) is 0 Å². The zero-order valence-electron chi connectivity index (χ0n) is 8.91. The van der Waals surface area contributed by atoms with E-state index in [1.807, 2.05) is 0 Å². The molecule has 2 aromatic rings. The summed E-state index contributed by atoms with van der Waals surface area (Å²) in [6, 6.07) is 13.4. The maximum Gasteiger partial charge on any atom is -0.0175 e. The molecule has 0 saturated heterocycles. The Morgan fingerprint density at radius 1 is 0.857 bits per heavy atom. The zero-order chi connectivity index (χ0) is 10.1. The van der Waals surface area contributed by atoms with Crippen molar-refractivity contribution in [1.82, 2.24) is 0 Å². The average molecular weight is 202 g/mol. The topological polar surface area (TPSA) is 0 Å². The molecule has 0 amide bonds. The van der Waals surface area contributed by atoms with E-state index in [1.54, 1.807) is 0 Å². The minimum atomic E-state index is 0.0216. The Labute approximate surface area is 86.7 Å². The Balaban J connectivity index is 2.63. The molecular formula is C13H15P. The third-order valence-corrected chi connectivity index (χ3v) is 3.81. The molecule has 0 fully saturated rings. The van der Waals surface area contributed by atoms with Gasteiger partial charge in [-0.05, 0) is 42.4 Å². The lowest BCUT2D eigenvalue weighted by Gasteiger charge is -2.07. The smallest absolute Gasteiger partial charge is 0.0175 e. The van der Waals surface area contributed by atoms with Gasteiger partial charge >= 0.3 is 0 Å². The number of aryl methyl sites for hydroxylation is 1. The van der Waals surface area contributed by atoms with Crippen molar-refractivity contribution < 1.29 is 0 Å². The molecular weight excluding hydrogens is 187 g/mol. The van der Waals surface area contributed by atoms with Gasteiger partial charge in [-0.2, -0.15) is 0 Å². The second-order valence-electron chi connectivity index (χ2n) is 3.93. The molecule has 0 unspecified atom stereocenters. The second kappa shape index (κ2) is 3.71. The highest BCUT2D eigenvalue weighted by Gasteiger charge is 1.99. The Kier molecular flexibility index (Phi) is 2.56. The molecule has 1 heteroatoms. The van der Waals surface area contributed by atoms with Crippen molar-refractivity contribution in [2.45, 2.75) is 6.92 Å². The third kappa shape index (κ3) is 1.81. The van der Waals surface area contributed by atoms with Crippen LogP contribution in [0.4, 0.5) is 0 Å². The molecule has 2 aromatic carbocycles. The van der Waals surface area contributed by atoms with Crippen molar-refractivity contribution in [3.05, 3.63) is 42.0 Å². The molecule has 0 spiro atoms. The van der Waals surface area contributed by atoms with Gasteiger partial charge < -0.3 is 0 Å². The van der Waals surface area contributed by atoms with E-state index in [0.717, 1.165) is 0 Å². The molecule has 0 aromatic heterocycles. The van der Waals surface area contributed by atoms with E-state index in [-0.39, 0.29) is 7.92 Å². The van der Waals surface area contributed by atoms with Crippen LogP contribution in [0.5, 0.6) is 0 Å². The summed E-state index contributed by atoms with van der Waals surface area (Å²) in [4.78, 5) is 0. The van der Waals surface area contributed by atoms with Crippen LogP contribution in [0, 0.1) is 6.92 Å². The summed E-state index contributed by atoms with van der Waals surface area (Å²) in [5.74, 6) is 0. The van der Waals surface area contributed by atoms with Gasteiger partial charge in [0.15, 0.2) is 0 Å². The number of fused-ring (bicyclic) bond motifs is 1. The van der Waals surface area contributed by atoms with Crippen molar-refractivity contribution in [2.24, 2.45) is 0 Å². The Morgan fingerprint density at radius 2 is 1.57 bits per heavy atom. The quantitative estimate of drug-likeness (QED) is 0.621. The van der Waals surface area contributed by atoms with Crippen molar-refractivity contribution in [2.75, 3.05) is 13.3 Å². The van der Waals surface area contributed by atoms with Crippen LogP contribution < -0.4 is 5.30 Å². The fraction of sp³-hybridized carbons (Fsp3) is 0.231. The fourth-order valence-electron chi connectivity index (χ4n) is 1.63. The summed E-state index contributed by atoms with van der Waals surface area (Å²) in [5.41, 5.74) is 1.34. The summed E-state index contributed by atoms with van der Waals surface area (Å²) in [7, 11) is 0.0216. The second-order valence-corrected chi connectivity index (χ2v) is 6.23. The summed E-state index contributed by atoms with van der Waals surface area (Å²) in [6.07, 6.45) is 0. The first kappa shape index (κ1) is 9.68. The Bertz CT molecular complexity index is 458. The third-order valence-electron chi connectivity index (χ3n) is 2.50. The van der Waals surface area contributed by atoms with E-state index in [0.29, 0.717) is 0 Å². The minimum Gasteiger partial charge on any atom is -0.0817 e. The normalized spacial score (nSPS) is 11.1. The number of rotatable bonds is 1. The van der Waals surface area contributed by atoms with Crippen LogP contribution in [0.2, 0.25) is 0 Å². The predicted octanol–water partition coefficient (Wildman–Crippen LogP) is 3.52. The van der Waals surface area contributed by atoms with Crippen molar-refractivity contribution in [3.63, 3.8) is 0 Å². The highest BCUT2D eigenvalue weighted by atomic mass is 31.1. The average Bonchev–Trinajstić information content (AvgIpc) is 2.16. The summed E-state index contributed by atoms with van der Waals surface area (Å²) < 4.78 is 0. The van der Waals surface area contributed by atoms with Crippen LogP contribution >= 0.6 is 7.92 Å². The number of benzene rings is 2. The number of hydrogen-bond donors (Lipinski definition) is 0. The van der Waals surface area contributed by atoms with Gasteiger partial charge in [-0.3, -0.25) is 0 Å². The molecule has 0 bridgehead atoms. The lowest BCUT2D eigenvalue weighted by Crippen LogP contribution is -1.97. The Hall–Kier alpha value is -0.870. The van der Waals surface area contributed by atoms with Gasteiger partial charge in [-0.25, -0.2) is 0 Å². The first-order chi connectivity index (χ1) is 6.66. The molecule has 0 saturated carbocycles. The molecule has 0 aliphatic rings. The summed E-state index contributed by atoms with van der Waals surface area (Å²) in [6.45, 7) is 6.74. The molecule has 0 nitrogen and oxygen atoms in total. The fourth-order valence-corrected chi connectivity index (χ4v) is 2.40. The van der Waals surface area contributed by atoms with Gasteiger partial charge in [-0.1, -0.05) is 43.8 Å². The standard InChI is InChI=1S/C13H15P/c1-10-4-5-11-6-7-13(14(2)3)9-12(11)8-10/h4-9H,1-3H3. The van der Waals surface area contributed by atoms with Crippen molar-refractivity contribution >= 4 is 24.0 Å². The largest absolute Gasteiger partial charge is 0.0817 e. The van der Waals surface area contributed by atoms with Crippen LogP contribution in [-0.2, 0) is 0 Å². The van der Waals surface area contributed by atoms with E-state index in [1.165, 1.54) is 21.6 Å². The van der Waals surface area contributed by atoms with Crippen molar-refractivity contribution in [3.8, 4) is 0 Å². The molecule has 0 heterocycles. The summed E-state index contributed by atoms with van der Waals surface area (Å²) >= 11 is 0. The van der Waals surface area contributed by atoms with Gasteiger partial charge in [-0.15, -0.1) is 0 Å². The van der Waals surface area contributed by atoms with E-state index in [4.69, 9.17) is 0 Å². The first-order valence-corrected chi connectivity index (χ1v) is 7.08. The molecule has 0 aliphatic carbocycles. The first-order valence-electron chi connectivity index (χ1n) is 4.84. The molecule has 0 aliphatic heterocycles. The molecule has 0 radical (unpaired) electrons. The van der Waals surface area contributed by atoms with Gasteiger partial charge in [0.1, 0.15) is 0 Å². The highest BCUT2D eigenvalue weighted by Crippen LogP contribution is 2.25. The van der Waals surface area contributed by atoms with E-state index in [2.05, 4.69) is 56.7 Å². The highest BCUT2D eigenvalue weighted by molar-refractivity contribution is 7.64. The van der Waals surface area contributed by atoms with Crippen LogP contribution in [0.15, 0.2) is 36.4 Å². The van der Waals surface area contributed by atoms with Crippen LogP contribution in [-0.4, -0.2) is 13.3 Å². The molecule has 2 rings (SSSR count). The Morgan fingerprint density at radius 3 is 2.29 bits per heavy atom. The lowest BCUT2D eigenvalue weighted by molar-refractivity contribution is 1.51. The van der Waals surface area contributed by atoms with Gasteiger partial charge in [0, 0.05) is 0 Å². The molecule has 14 heavy (non-hydrogen) atoms. The van der Waals surface area contributed by atoms with Gasteiger partial charge in [0.25, 0.3) is 0 Å². The van der Waals surface area contributed by atoms with Crippen molar-refractivity contribution in [1.29, 1.82) is 0 Å². The maximum absolute atomic E-state index is 2.33. The molecule has 72 valence electrons.